The van der Waals surface area contributed by atoms with E-state index in [0.29, 0.717) is 24.4 Å². The molecule has 0 atom stereocenters. The van der Waals surface area contributed by atoms with Crippen LogP contribution in [0.15, 0.2) is 60.4 Å². The molecule has 0 saturated heterocycles. The maximum absolute atomic E-state index is 12.1. The molecule has 0 aliphatic rings. The summed E-state index contributed by atoms with van der Waals surface area (Å²) in [6, 6.07) is 14.4. The van der Waals surface area contributed by atoms with Gasteiger partial charge in [0, 0.05) is 36.8 Å². The van der Waals surface area contributed by atoms with Crippen molar-refractivity contribution in [1.82, 2.24) is 0 Å². The van der Waals surface area contributed by atoms with Crippen LogP contribution in [0.1, 0.15) is 12.0 Å². The minimum atomic E-state index is -0.305. The smallest absolute Gasteiger partial charge is 0.323 e. The standard InChI is InChI=1S/C19H25N5O2/c1-14-5-3-4-6-18(14)23-19(25)22-16-7-9-17(10-8-16)24(21)13-15(20)11-12-26-2/h3-10,13H,11-12,20-21H2,1-2H3,(H2,22,23,25)/b15-13-. The van der Waals surface area contributed by atoms with Crippen LogP contribution in [0, 0.1) is 6.92 Å². The van der Waals surface area contributed by atoms with Crippen LogP contribution in [0.25, 0.3) is 0 Å². The van der Waals surface area contributed by atoms with Crippen molar-refractivity contribution >= 4 is 23.1 Å². The number of amides is 2. The Bertz CT molecular complexity index is 759. The van der Waals surface area contributed by atoms with Gasteiger partial charge in [0.25, 0.3) is 0 Å². The number of anilines is 3. The number of aryl methyl sites for hydroxylation is 1. The first-order valence-corrected chi connectivity index (χ1v) is 8.22. The van der Waals surface area contributed by atoms with E-state index in [2.05, 4.69) is 10.6 Å². The van der Waals surface area contributed by atoms with Crippen LogP contribution < -0.4 is 27.2 Å². The lowest BCUT2D eigenvalue weighted by atomic mass is 10.2. The number of rotatable bonds is 7. The van der Waals surface area contributed by atoms with Gasteiger partial charge in [-0.15, -0.1) is 0 Å². The third kappa shape index (κ3) is 5.80. The van der Waals surface area contributed by atoms with Crippen LogP contribution in [0.4, 0.5) is 21.9 Å². The minimum absolute atomic E-state index is 0.305. The van der Waals surface area contributed by atoms with Crippen molar-refractivity contribution in [1.29, 1.82) is 0 Å². The van der Waals surface area contributed by atoms with Crippen LogP contribution in [-0.4, -0.2) is 19.7 Å². The molecule has 7 heteroatoms. The van der Waals surface area contributed by atoms with Gasteiger partial charge in [-0.3, -0.25) is 5.01 Å². The van der Waals surface area contributed by atoms with E-state index >= 15 is 0 Å². The first-order valence-electron chi connectivity index (χ1n) is 8.22. The first-order chi connectivity index (χ1) is 12.5. The van der Waals surface area contributed by atoms with Crippen molar-refractivity contribution < 1.29 is 9.53 Å². The molecule has 0 bridgehead atoms. The average Bonchev–Trinajstić information content (AvgIpc) is 2.62. The van der Waals surface area contributed by atoms with E-state index in [1.165, 1.54) is 5.01 Å². The largest absolute Gasteiger partial charge is 0.401 e. The lowest BCUT2D eigenvalue weighted by Crippen LogP contribution is -2.26. The van der Waals surface area contributed by atoms with Gasteiger partial charge in [0.05, 0.1) is 12.3 Å². The monoisotopic (exact) mass is 355 g/mol. The van der Waals surface area contributed by atoms with Gasteiger partial charge < -0.3 is 21.1 Å². The summed E-state index contributed by atoms with van der Waals surface area (Å²) in [4.78, 5) is 12.1. The molecule has 0 aliphatic heterocycles. The van der Waals surface area contributed by atoms with E-state index in [0.717, 1.165) is 16.9 Å². The molecule has 0 radical (unpaired) electrons. The van der Waals surface area contributed by atoms with Crippen molar-refractivity contribution in [2.45, 2.75) is 13.3 Å². The number of carbonyl (C=O) groups excluding carboxylic acids is 1. The minimum Gasteiger partial charge on any atom is -0.401 e. The fourth-order valence-electron chi connectivity index (χ4n) is 2.25. The molecule has 0 heterocycles. The highest BCUT2D eigenvalue weighted by Gasteiger charge is 2.05. The molecule has 2 amide bonds. The van der Waals surface area contributed by atoms with Crippen LogP contribution in [-0.2, 0) is 4.74 Å². The Morgan fingerprint density at radius 3 is 2.50 bits per heavy atom. The Kier molecular flexibility index (Phi) is 7.02. The molecule has 0 aliphatic carbocycles. The lowest BCUT2D eigenvalue weighted by Gasteiger charge is -2.16. The van der Waals surface area contributed by atoms with Crippen LogP contribution in [0.5, 0.6) is 0 Å². The number of hydrogen-bond donors (Lipinski definition) is 4. The fraction of sp³-hybridized carbons (Fsp3) is 0.211. The van der Waals surface area contributed by atoms with Gasteiger partial charge in [-0.2, -0.15) is 0 Å². The van der Waals surface area contributed by atoms with E-state index in [1.807, 2.05) is 31.2 Å². The number of hydrazine groups is 1. The quantitative estimate of drug-likeness (QED) is 0.451. The summed E-state index contributed by atoms with van der Waals surface area (Å²) >= 11 is 0. The third-order valence-corrected chi connectivity index (χ3v) is 3.72. The molecule has 0 saturated carbocycles. The highest BCUT2D eigenvalue weighted by atomic mass is 16.5. The van der Waals surface area contributed by atoms with Gasteiger partial charge in [0.2, 0.25) is 0 Å². The van der Waals surface area contributed by atoms with Gasteiger partial charge in [-0.25, -0.2) is 10.6 Å². The van der Waals surface area contributed by atoms with Crippen LogP contribution >= 0.6 is 0 Å². The second-order valence-electron chi connectivity index (χ2n) is 5.80. The summed E-state index contributed by atoms with van der Waals surface area (Å²) < 4.78 is 4.98. The van der Waals surface area contributed by atoms with Gasteiger partial charge in [0.15, 0.2) is 0 Å². The van der Waals surface area contributed by atoms with Gasteiger partial charge >= 0.3 is 6.03 Å². The van der Waals surface area contributed by atoms with Crippen molar-refractivity contribution in [3.8, 4) is 0 Å². The second-order valence-corrected chi connectivity index (χ2v) is 5.80. The predicted molar refractivity (Wildman–Crippen MR) is 106 cm³/mol. The number of para-hydroxylation sites is 1. The summed E-state index contributed by atoms with van der Waals surface area (Å²) in [5.41, 5.74) is 9.66. The molecule has 0 unspecified atom stereocenters. The van der Waals surface area contributed by atoms with Crippen LogP contribution in [0.2, 0.25) is 0 Å². The predicted octanol–water partition coefficient (Wildman–Crippen LogP) is 3.16. The van der Waals surface area contributed by atoms with E-state index < -0.39 is 0 Å². The van der Waals surface area contributed by atoms with E-state index in [-0.39, 0.29) is 6.03 Å². The molecule has 0 spiro atoms. The zero-order chi connectivity index (χ0) is 18.9. The summed E-state index contributed by atoms with van der Waals surface area (Å²) in [5.74, 6) is 5.97. The molecular weight excluding hydrogens is 330 g/mol. The summed E-state index contributed by atoms with van der Waals surface area (Å²) in [6.07, 6.45) is 2.25. The zero-order valence-corrected chi connectivity index (χ0v) is 15.0. The number of ether oxygens (including phenoxy) is 1. The fourth-order valence-corrected chi connectivity index (χ4v) is 2.25. The molecule has 2 aromatic rings. The number of hydrogen-bond acceptors (Lipinski definition) is 5. The van der Waals surface area contributed by atoms with Crippen molar-refractivity contribution in [2.24, 2.45) is 11.6 Å². The Hall–Kier alpha value is -3.03. The molecule has 2 rings (SSSR count). The lowest BCUT2D eigenvalue weighted by molar-refractivity contribution is 0.202. The topological polar surface area (TPSA) is 106 Å². The molecule has 138 valence electrons. The molecule has 26 heavy (non-hydrogen) atoms. The van der Waals surface area contributed by atoms with Gasteiger partial charge in [-0.1, -0.05) is 18.2 Å². The van der Waals surface area contributed by atoms with E-state index in [4.69, 9.17) is 16.3 Å². The number of nitrogens with zero attached hydrogens (tertiary/aromatic N) is 1. The third-order valence-electron chi connectivity index (χ3n) is 3.72. The number of carbonyl (C=O) groups is 1. The van der Waals surface area contributed by atoms with Gasteiger partial charge in [0.1, 0.15) is 0 Å². The first kappa shape index (κ1) is 19.3. The number of methoxy groups -OCH3 is 1. The van der Waals surface area contributed by atoms with E-state index in [9.17, 15) is 4.79 Å². The Morgan fingerprint density at radius 1 is 1.15 bits per heavy atom. The van der Waals surface area contributed by atoms with Crippen molar-refractivity contribution in [3.63, 3.8) is 0 Å². The van der Waals surface area contributed by atoms with Crippen LogP contribution in [0.3, 0.4) is 0 Å². The second kappa shape index (κ2) is 9.45. The van der Waals surface area contributed by atoms with Gasteiger partial charge in [-0.05, 0) is 42.8 Å². The Labute approximate surface area is 153 Å². The molecule has 0 aromatic heterocycles. The number of nitrogens with two attached hydrogens (primary N) is 2. The van der Waals surface area contributed by atoms with Crippen molar-refractivity contribution in [3.05, 3.63) is 66.0 Å². The molecular formula is C19H25N5O2. The number of nitrogens with one attached hydrogen (secondary N) is 2. The Balaban J connectivity index is 1.94. The summed E-state index contributed by atoms with van der Waals surface area (Å²) in [6.45, 7) is 2.47. The highest BCUT2D eigenvalue weighted by Crippen LogP contribution is 2.18. The number of urea groups is 1. The number of benzene rings is 2. The van der Waals surface area contributed by atoms with Crippen molar-refractivity contribution in [2.75, 3.05) is 29.4 Å². The molecule has 0 fully saturated rings. The molecule has 2 aromatic carbocycles. The maximum atomic E-state index is 12.1. The molecule has 7 nitrogen and oxygen atoms in total. The SMILES string of the molecule is COCC/C(N)=C/N(N)c1ccc(NC(=O)Nc2ccccc2C)cc1. The zero-order valence-electron chi connectivity index (χ0n) is 15.0. The summed E-state index contributed by atoms with van der Waals surface area (Å²) in [7, 11) is 1.62. The molecule has 6 N–H and O–H groups in total. The maximum Gasteiger partial charge on any atom is 0.323 e. The Morgan fingerprint density at radius 2 is 1.85 bits per heavy atom. The summed E-state index contributed by atoms with van der Waals surface area (Å²) in [5, 5.41) is 7.04. The van der Waals surface area contributed by atoms with E-state index in [1.54, 1.807) is 37.6 Å². The normalized spacial score (nSPS) is 11.1. The average molecular weight is 355 g/mol. The highest BCUT2D eigenvalue weighted by molar-refractivity contribution is 6.00.